The lowest BCUT2D eigenvalue weighted by Crippen LogP contribution is -2.17. The van der Waals surface area contributed by atoms with Crippen molar-refractivity contribution in [2.24, 2.45) is 7.05 Å². The van der Waals surface area contributed by atoms with Gasteiger partial charge in [-0.05, 0) is 26.1 Å². The van der Waals surface area contributed by atoms with Crippen molar-refractivity contribution in [1.82, 2.24) is 14.7 Å². The van der Waals surface area contributed by atoms with E-state index in [-0.39, 0.29) is 0 Å². The number of hydrogen-bond donors (Lipinski definition) is 0. The number of hydrogen-bond acceptors (Lipinski definition) is 3. The predicted octanol–water partition coefficient (Wildman–Crippen LogP) is 2.93. The minimum absolute atomic E-state index is 0.574. The number of benzene rings is 1. The number of aryl methyl sites for hydroxylation is 2. The van der Waals surface area contributed by atoms with Crippen molar-refractivity contribution in [3.8, 4) is 5.75 Å². The summed E-state index contributed by atoms with van der Waals surface area (Å²) in [5.74, 6) is 0.870. The van der Waals surface area contributed by atoms with Crippen molar-refractivity contribution in [1.29, 1.82) is 0 Å². The fourth-order valence-corrected chi connectivity index (χ4v) is 2.27. The van der Waals surface area contributed by atoms with E-state index in [1.807, 2.05) is 42.9 Å². The molecule has 1 aromatic heterocycles. The van der Waals surface area contributed by atoms with Crippen molar-refractivity contribution >= 4 is 10.9 Å². The summed E-state index contributed by atoms with van der Waals surface area (Å²) in [4.78, 5) is 2.17. The summed E-state index contributed by atoms with van der Waals surface area (Å²) in [7, 11) is 4.01. The molecule has 0 amide bonds. The zero-order valence-electron chi connectivity index (χ0n) is 13.0. The summed E-state index contributed by atoms with van der Waals surface area (Å²) >= 11 is 0. The molecule has 0 atom stereocenters. The second-order valence-corrected chi connectivity index (χ2v) is 5.18. The normalized spacial score (nSPS) is 11.6. The molecule has 1 heterocycles. The van der Waals surface area contributed by atoms with Gasteiger partial charge in [-0.25, -0.2) is 0 Å². The molecule has 21 heavy (non-hydrogen) atoms. The third-order valence-corrected chi connectivity index (χ3v) is 3.38. The Kier molecular flexibility index (Phi) is 5.17. The molecule has 4 heteroatoms. The van der Waals surface area contributed by atoms with E-state index in [1.165, 1.54) is 5.39 Å². The lowest BCUT2D eigenvalue weighted by Gasteiger charge is -2.10. The Bertz CT molecular complexity index is 643. The number of ether oxygens (including phenoxy) is 1. The van der Waals surface area contributed by atoms with Gasteiger partial charge >= 0.3 is 0 Å². The summed E-state index contributed by atoms with van der Waals surface area (Å²) < 4.78 is 7.64. The number of fused-ring (bicyclic) bond motifs is 1. The minimum atomic E-state index is 0.574. The molecule has 0 radical (unpaired) electrons. The number of likely N-dealkylation sites (N-methyl/N-ethyl adjacent to an activating group) is 1. The molecule has 0 aliphatic rings. The molecule has 0 fully saturated rings. The van der Waals surface area contributed by atoms with Gasteiger partial charge in [-0.1, -0.05) is 18.2 Å². The Balaban J connectivity index is 1.90. The van der Waals surface area contributed by atoms with Crippen LogP contribution in [0.4, 0.5) is 0 Å². The molecule has 0 N–H and O–H groups in total. The van der Waals surface area contributed by atoms with E-state index in [4.69, 9.17) is 4.74 Å². The average molecular weight is 285 g/mol. The van der Waals surface area contributed by atoms with Gasteiger partial charge in [0.05, 0.1) is 11.2 Å². The lowest BCUT2D eigenvalue weighted by atomic mass is 10.2. The van der Waals surface area contributed by atoms with Crippen LogP contribution in [0, 0.1) is 6.92 Å². The van der Waals surface area contributed by atoms with E-state index in [0.29, 0.717) is 6.61 Å². The molecule has 0 saturated heterocycles. The second-order valence-electron chi connectivity index (χ2n) is 5.18. The fraction of sp³-hybridized carbons (Fsp3) is 0.353. The van der Waals surface area contributed by atoms with Crippen LogP contribution in [0.2, 0.25) is 0 Å². The van der Waals surface area contributed by atoms with Crippen LogP contribution in [-0.4, -0.2) is 41.4 Å². The predicted molar refractivity (Wildman–Crippen MR) is 87.8 cm³/mol. The van der Waals surface area contributed by atoms with Gasteiger partial charge < -0.3 is 4.74 Å². The van der Waals surface area contributed by atoms with Crippen molar-refractivity contribution in [3.63, 3.8) is 0 Å². The van der Waals surface area contributed by atoms with E-state index in [9.17, 15) is 0 Å². The first-order valence-corrected chi connectivity index (χ1v) is 7.12. The maximum atomic E-state index is 5.75. The molecule has 1 aromatic carbocycles. The Morgan fingerprint density at radius 1 is 1.33 bits per heavy atom. The van der Waals surface area contributed by atoms with Gasteiger partial charge in [-0.2, -0.15) is 5.10 Å². The highest BCUT2D eigenvalue weighted by molar-refractivity contribution is 5.83. The van der Waals surface area contributed by atoms with Gasteiger partial charge in [0.1, 0.15) is 12.4 Å². The topological polar surface area (TPSA) is 30.3 Å². The van der Waals surface area contributed by atoms with Gasteiger partial charge in [0.15, 0.2) is 0 Å². The molecule has 0 aliphatic carbocycles. The first-order valence-electron chi connectivity index (χ1n) is 7.12. The highest BCUT2D eigenvalue weighted by Crippen LogP contribution is 2.22. The Labute approximate surface area is 126 Å². The molecule has 0 saturated carbocycles. The molecule has 0 aliphatic heterocycles. The van der Waals surface area contributed by atoms with Crippen LogP contribution in [0.25, 0.3) is 10.9 Å². The van der Waals surface area contributed by atoms with Crippen molar-refractivity contribution in [3.05, 3.63) is 48.7 Å². The molecular weight excluding hydrogens is 262 g/mol. The first-order chi connectivity index (χ1) is 10.1. The zero-order valence-corrected chi connectivity index (χ0v) is 13.0. The van der Waals surface area contributed by atoms with E-state index >= 15 is 0 Å². The summed E-state index contributed by atoms with van der Waals surface area (Å²) in [6.07, 6.45) is 6.05. The zero-order chi connectivity index (χ0) is 15.2. The summed E-state index contributed by atoms with van der Waals surface area (Å²) in [6.45, 7) is 8.10. The SMILES string of the molecule is C=CCN(C)CC=CCOc1ccc2c(C)nn(C)c2c1. The third-order valence-electron chi connectivity index (χ3n) is 3.38. The highest BCUT2D eigenvalue weighted by Gasteiger charge is 2.05. The van der Waals surface area contributed by atoms with Crippen LogP contribution in [0.3, 0.4) is 0 Å². The van der Waals surface area contributed by atoms with Crippen LogP contribution in [0.5, 0.6) is 5.75 Å². The lowest BCUT2D eigenvalue weighted by molar-refractivity contribution is 0.360. The molecule has 0 unspecified atom stereocenters. The van der Waals surface area contributed by atoms with E-state index in [0.717, 1.165) is 30.0 Å². The minimum Gasteiger partial charge on any atom is -0.489 e. The van der Waals surface area contributed by atoms with Crippen molar-refractivity contribution in [2.75, 3.05) is 26.7 Å². The van der Waals surface area contributed by atoms with Gasteiger partial charge in [-0.15, -0.1) is 6.58 Å². The fourth-order valence-electron chi connectivity index (χ4n) is 2.27. The smallest absolute Gasteiger partial charge is 0.121 e. The van der Waals surface area contributed by atoms with E-state index in [1.54, 1.807) is 0 Å². The number of aromatic nitrogens is 2. The standard InChI is InChI=1S/C17H23N3O/c1-5-10-19(3)11-6-7-12-21-15-8-9-16-14(2)18-20(4)17(16)13-15/h5-9,13H,1,10-12H2,2-4H3. The molecule has 4 nitrogen and oxygen atoms in total. The Morgan fingerprint density at radius 2 is 2.14 bits per heavy atom. The van der Waals surface area contributed by atoms with Crippen LogP contribution in [0.1, 0.15) is 5.69 Å². The highest BCUT2D eigenvalue weighted by atomic mass is 16.5. The molecule has 0 spiro atoms. The van der Waals surface area contributed by atoms with Crippen LogP contribution in [0.15, 0.2) is 43.0 Å². The van der Waals surface area contributed by atoms with Crippen molar-refractivity contribution < 1.29 is 4.74 Å². The number of rotatable bonds is 7. The molecule has 112 valence electrons. The largest absolute Gasteiger partial charge is 0.489 e. The summed E-state index contributed by atoms with van der Waals surface area (Å²) in [5.41, 5.74) is 2.14. The Hall–Kier alpha value is -2.07. The van der Waals surface area contributed by atoms with Gasteiger partial charge in [-0.3, -0.25) is 9.58 Å². The van der Waals surface area contributed by atoms with Crippen LogP contribution < -0.4 is 4.74 Å². The molecule has 0 bridgehead atoms. The van der Waals surface area contributed by atoms with E-state index in [2.05, 4.69) is 35.8 Å². The average Bonchev–Trinajstić information content (AvgIpc) is 2.74. The quantitative estimate of drug-likeness (QED) is 0.733. The maximum absolute atomic E-state index is 5.75. The van der Waals surface area contributed by atoms with E-state index < -0.39 is 0 Å². The van der Waals surface area contributed by atoms with Crippen LogP contribution >= 0.6 is 0 Å². The molecule has 2 rings (SSSR count). The summed E-state index contributed by atoms with van der Waals surface area (Å²) in [5, 5.41) is 5.58. The number of nitrogens with zero attached hydrogens (tertiary/aromatic N) is 3. The van der Waals surface area contributed by atoms with Gasteiger partial charge in [0, 0.05) is 31.6 Å². The monoisotopic (exact) mass is 285 g/mol. The maximum Gasteiger partial charge on any atom is 0.121 e. The van der Waals surface area contributed by atoms with Crippen molar-refractivity contribution in [2.45, 2.75) is 6.92 Å². The molecular formula is C17H23N3O. The van der Waals surface area contributed by atoms with Gasteiger partial charge in [0.2, 0.25) is 0 Å². The summed E-state index contributed by atoms with van der Waals surface area (Å²) in [6, 6.07) is 6.09. The first kappa shape index (κ1) is 15.3. The molecule has 2 aromatic rings. The Morgan fingerprint density at radius 3 is 2.90 bits per heavy atom. The second kappa shape index (κ2) is 7.09. The van der Waals surface area contributed by atoms with Gasteiger partial charge in [0.25, 0.3) is 0 Å². The van der Waals surface area contributed by atoms with Crippen LogP contribution in [-0.2, 0) is 7.05 Å². The third kappa shape index (κ3) is 3.95.